The number of aromatic nitrogens is 1. The molecule has 1 unspecified atom stereocenters. The number of nitrogens with one attached hydrogen (secondary N) is 1. The van der Waals surface area contributed by atoms with Crippen molar-refractivity contribution in [3.8, 4) is 0 Å². The predicted molar refractivity (Wildman–Crippen MR) is 120 cm³/mol. The topological polar surface area (TPSA) is 95.8 Å². The van der Waals surface area contributed by atoms with E-state index in [0.29, 0.717) is 25.1 Å². The highest BCUT2D eigenvalue weighted by molar-refractivity contribution is 7.89. The summed E-state index contributed by atoms with van der Waals surface area (Å²) in [4.78, 5) is 14.7. The fourth-order valence-corrected chi connectivity index (χ4v) is 5.36. The summed E-state index contributed by atoms with van der Waals surface area (Å²) in [6.45, 7) is 6.10. The molecule has 1 aromatic carbocycles. The number of benzene rings is 1. The summed E-state index contributed by atoms with van der Waals surface area (Å²) in [5, 5.41) is 6.79. The summed E-state index contributed by atoms with van der Waals surface area (Å²) in [5.41, 5.74) is 3.27. The van der Waals surface area contributed by atoms with E-state index in [1.54, 1.807) is 24.1 Å². The second kappa shape index (κ2) is 9.23. The van der Waals surface area contributed by atoms with Crippen molar-refractivity contribution >= 4 is 27.7 Å². The molecular formula is C22H30N4O4S. The van der Waals surface area contributed by atoms with Crippen molar-refractivity contribution in [1.29, 1.82) is 0 Å². The van der Waals surface area contributed by atoms with Crippen LogP contribution in [0.4, 0.5) is 5.69 Å². The Balaban J connectivity index is 1.79. The first-order chi connectivity index (χ1) is 14.6. The standard InChI is InChI=1S/C22H30N4O4S/c1-15-8-9-19(13-16(15)2)23-22(27)18-7-6-11-26(14-18)31(28,29)21-17(3)24-30-20(21)10-12-25(4)5/h8-10,12-13,18H,6-7,11,14H2,1-5H3,(H,23,27). The van der Waals surface area contributed by atoms with Crippen molar-refractivity contribution in [3.63, 3.8) is 0 Å². The Labute approximate surface area is 183 Å². The smallest absolute Gasteiger partial charge is 0.248 e. The van der Waals surface area contributed by atoms with Crippen molar-refractivity contribution < 1.29 is 17.7 Å². The van der Waals surface area contributed by atoms with E-state index in [-0.39, 0.29) is 23.1 Å². The third-order valence-corrected chi connectivity index (χ3v) is 7.51. The van der Waals surface area contributed by atoms with E-state index in [4.69, 9.17) is 4.52 Å². The van der Waals surface area contributed by atoms with Gasteiger partial charge in [0.1, 0.15) is 5.69 Å². The van der Waals surface area contributed by atoms with Crippen LogP contribution in [-0.2, 0) is 14.8 Å². The number of amides is 1. The summed E-state index contributed by atoms with van der Waals surface area (Å²) >= 11 is 0. The van der Waals surface area contributed by atoms with E-state index in [1.807, 2.05) is 46.1 Å². The lowest BCUT2D eigenvalue weighted by Crippen LogP contribution is -2.43. The molecule has 1 amide bonds. The number of hydrogen-bond donors (Lipinski definition) is 1. The molecule has 0 saturated carbocycles. The fourth-order valence-electron chi connectivity index (χ4n) is 3.58. The van der Waals surface area contributed by atoms with Crippen molar-refractivity contribution in [2.24, 2.45) is 5.92 Å². The maximum Gasteiger partial charge on any atom is 0.248 e. The van der Waals surface area contributed by atoms with Crippen molar-refractivity contribution in [2.45, 2.75) is 38.5 Å². The molecule has 1 aliphatic rings. The minimum atomic E-state index is -3.85. The normalized spacial score (nSPS) is 17.8. The van der Waals surface area contributed by atoms with Gasteiger partial charge < -0.3 is 14.7 Å². The van der Waals surface area contributed by atoms with Crippen LogP contribution in [0.1, 0.15) is 35.4 Å². The van der Waals surface area contributed by atoms with Gasteiger partial charge in [-0.25, -0.2) is 8.42 Å². The predicted octanol–water partition coefficient (Wildman–Crippen LogP) is 3.17. The number of carbonyl (C=O) groups excluding carboxylic acids is 1. The first-order valence-corrected chi connectivity index (χ1v) is 11.7. The quantitative estimate of drug-likeness (QED) is 0.732. The van der Waals surface area contributed by atoms with Crippen LogP contribution in [0.3, 0.4) is 0 Å². The van der Waals surface area contributed by atoms with E-state index in [9.17, 15) is 13.2 Å². The van der Waals surface area contributed by atoms with Crippen molar-refractivity contribution in [3.05, 3.63) is 47.0 Å². The summed E-state index contributed by atoms with van der Waals surface area (Å²) in [6.07, 6.45) is 4.53. The lowest BCUT2D eigenvalue weighted by Gasteiger charge is -2.31. The molecule has 31 heavy (non-hydrogen) atoms. The summed E-state index contributed by atoms with van der Waals surface area (Å²) in [5.74, 6) is -0.406. The van der Waals surface area contributed by atoms with E-state index < -0.39 is 15.9 Å². The van der Waals surface area contributed by atoms with Crippen molar-refractivity contribution in [2.75, 3.05) is 32.5 Å². The number of nitrogens with zero attached hydrogens (tertiary/aromatic N) is 3. The molecule has 168 valence electrons. The molecule has 0 bridgehead atoms. The monoisotopic (exact) mass is 446 g/mol. The highest BCUT2D eigenvalue weighted by Crippen LogP contribution is 2.29. The molecule has 8 nitrogen and oxygen atoms in total. The molecule has 1 saturated heterocycles. The van der Waals surface area contributed by atoms with Crippen LogP contribution in [0.2, 0.25) is 0 Å². The van der Waals surface area contributed by atoms with Crippen LogP contribution in [-0.4, -0.2) is 55.9 Å². The van der Waals surface area contributed by atoms with Gasteiger partial charge in [0, 0.05) is 45.1 Å². The Hall–Kier alpha value is -2.65. The average molecular weight is 447 g/mol. The fraction of sp³-hybridized carbons (Fsp3) is 0.455. The zero-order valence-electron chi connectivity index (χ0n) is 18.7. The Bertz CT molecular complexity index is 1090. The molecule has 0 radical (unpaired) electrons. The number of aryl methyl sites for hydroxylation is 3. The van der Waals surface area contributed by atoms with E-state index in [0.717, 1.165) is 16.8 Å². The van der Waals surface area contributed by atoms with Crippen LogP contribution in [0, 0.1) is 26.7 Å². The Morgan fingerprint density at radius 3 is 2.68 bits per heavy atom. The van der Waals surface area contributed by atoms with Crippen LogP contribution in [0.5, 0.6) is 0 Å². The van der Waals surface area contributed by atoms with Crippen molar-refractivity contribution in [1.82, 2.24) is 14.4 Å². The summed E-state index contributed by atoms with van der Waals surface area (Å²) in [7, 11) is -0.191. The van der Waals surface area contributed by atoms with Crippen LogP contribution >= 0.6 is 0 Å². The number of rotatable bonds is 6. The van der Waals surface area contributed by atoms with Gasteiger partial charge in [-0.15, -0.1) is 0 Å². The Kier molecular flexibility index (Phi) is 6.86. The molecule has 1 aliphatic heterocycles. The lowest BCUT2D eigenvalue weighted by molar-refractivity contribution is -0.120. The maximum atomic E-state index is 13.4. The second-order valence-electron chi connectivity index (χ2n) is 8.23. The summed E-state index contributed by atoms with van der Waals surface area (Å²) in [6, 6.07) is 5.75. The maximum absolute atomic E-state index is 13.4. The Morgan fingerprint density at radius 2 is 2.00 bits per heavy atom. The number of anilines is 1. The molecule has 1 atom stereocenters. The molecule has 3 rings (SSSR count). The molecule has 1 aromatic heterocycles. The first kappa shape index (κ1) is 23.0. The van der Waals surface area contributed by atoms with Gasteiger partial charge in [0.2, 0.25) is 15.9 Å². The number of hydrogen-bond acceptors (Lipinski definition) is 6. The third-order valence-electron chi connectivity index (χ3n) is 5.48. The minimum Gasteiger partial charge on any atom is -0.383 e. The third kappa shape index (κ3) is 5.16. The minimum absolute atomic E-state index is 0.0563. The zero-order chi connectivity index (χ0) is 22.8. The van der Waals surface area contributed by atoms with Crippen LogP contribution < -0.4 is 5.32 Å². The molecule has 1 fully saturated rings. The highest BCUT2D eigenvalue weighted by atomic mass is 32.2. The average Bonchev–Trinajstić information content (AvgIpc) is 3.10. The molecule has 0 aliphatic carbocycles. The zero-order valence-corrected chi connectivity index (χ0v) is 19.5. The van der Waals surface area contributed by atoms with E-state index in [2.05, 4.69) is 10.5 Å². The SMILES string of the molecule is Cc1ccc(NC(=O)C2CCCN(S(=O)(=O)c3c(C)noc3C=CN(C)C)C2)cc1C. The van der Waals surface area contributed by atoms with E-state index >= 15 is 0 Å². The largest absolute Gasteiger partial charge is 0.383 e. The van der Waals surface area contributed by atoms with Gasteiger partial charge in [-0.3, -0.25) is 4.79 Å². The Morgan fingerprint density at radius 1 is 1.26 bits per heavy atom. The number of carbonyl (C=O) groups is 1. The van der Waals surface area contributed by atoms with Crippen LogP contribution in [0.25, 0.3) is 6.08 Å². The van der Waals surface area contributed by atoms with Gasteiger partial charge in [0.25, 0.3) is 0 Å². The number of sulfonamides is 1. The molecule has 9 heteroatoms. The molecule has 2 aromatic rings. The molecule has 0 spiro atoms. The first-order valence-electron chi connectivity index (χ1n) is 10.3. The van der Waals surface area contributed by atoms with Crippen LogP contribution in [0.15, 0.2) is 33.8 Å². The molecule has 1 N–H and O–H groups in total. The van der Waals surface area contributed by atoms with Gasteiger partial charge in [-0.2, -0.15) is 4.31 Å². The van der Waals surface area contributed by atoms with Gasteiger partial charge >= 0.3 is 0 Å². The molecular weight excluding hydrogens is 416 g/mol. The highest BCUT2D eigenvalue weighted by Gasteiger charge is 2.37. The lowest BCUT2D eigenvalue weighted by atomic mass is 9.98. The van der Waals surface area contributed by atoms with Gasteiger partial charge in [-0.05, 0) is 56.9 Å². The van der Waals surface area contributed by atoms with E-state index in [1.165, 1.54) is 4.31 Å². The van der Waals surface area contributed by atoms with Gasteiger partial charge in [0.15, 0.2) is 10.7 Å². The molecule has 2 heterocycles. The second-order valence-corrected chi connectivity index (χ2v) is 10.1. The van der Waals surface area contributed by atoms with Gasteiger partial charge in [0.05, 0.1) is 5.92 Å². The number of piperidine rings is 1. The van der Waals surface area contributed by atoms with Gasteiger partial charge in [-0.1, -0.05) is 11.2 Å². The summed E-state index contributed by atoms with van der Waals surface area (Å²) < 4.78 is 33.4.